The van der Waals surface area contributed by atoms with Crippen molar-refractivity contribution in [2.24, 2.45) is 5.10 Å². The maximum atomic E-state index is 12.0. The summed E-state index contributed by atoms with van der Waals surface area (Å²) in [6.45, 7) is 0.637. The largest absolute Gasteiger partial charge is 0.486 e. The van der Waals surface area contributed by atoms with Crippen LogP contribution in [-0.2, 0) is 11.4 Å². The molecule has 160 valence electrons. The maximum absolute atomic E-state index is 12.0. The molecule has 5 nitrogen and oxygen atoms in total. The van der Waals surface area contributed by atoms with Crippen LogP contribution in [0, 0.1) is 0 Å². The average Bonchev–Trinajstić information content (AvgIpc) is 2.73. The van der Waals surface area contributed by atoms with Crippen LogP contribution in [0.4, 0.5) is 0 Å². The number of rotatable bonds is 8. The first-order valence-corrected chi connectivity index (χ1v) is 11.9. The predicted octanol–water partition coefficient (Wildman–Crippen LogP) is 5.82. The van der Waals surface area contributed by atoms with E-state index in [-0.39, 0.29) is 12.5 Å². The van der Waals surface area contributed by atoms with Crippen molar-refractivity contribution in [3.8, 4) is 5.75 Å². The first-order valence-electron chi connectivity index (χ1n) is 9.93. The third-order valence-corrected chi connectivity index (χ3v) is 6.46. The summed E-state index contributed by atoms with van der Waals surface area (Å²) in [6.07, 6.45) is 7.65. The summed E-state index contributed by atoms with van der Waals surface area (Å²) in [6, 6.07) is 11.8. The molecule has 1 aliphatic rings. The second-order valence-electron chi connectivity index (χ2n) is 7.20. The molecule has 0 radical (unpaired) electrons. The Morgan fingerprint density at radius 3 is 2.57 bits per heavy atom. The molecule has 1 amide bonds. The van der Waals surface area contributed by atoms with Gasteiger partial charge in [-0.3, -0.25) is 4.79 Å². The standard InChI is InChI=1S/C22H24Br2ClN3O2/c23-18-10-15(12-27-28-21(29)13-26-17-7-2-1-3-8-17)11-19(24)22(18)30-14-16-6-4-5-9-20(16)25/h4-6,9-12,17,26H,1-3,7-8,13-14H2,(H,28,29)/b27-12-. The summed E-state index contributed by atoms with van der Waals surface area (Å²) in [5, 5.41) is 8.03. The minimum atomic E-state index is -0.144. The lowest BCUT2D eigenvalue weighted by atomic mass is 9.95. The molecular formula is C22H24Br2ClN3O2. The van der Waals surface area contributed by atoms with Crippen molar-refractivity contribution in [3.05, 3.63) is 61.5 Å². The molecule has 3 rings (SSSR count). The van der Waals surface area contributed by atoms with Crippen molar-refractivity contribution in [1.82, 2.24) is 10.7 Å². The Bertz CT molecular complexity index is 879. The average molecular weight is 558 g/mol. The van der Waals surface area contributed by atoms with Gasteiger partial charge < -0.3 is 10.1 Å². The fourth-order valence-corrected chi connectivity index (χ4v) is 4.96. The van der Waals surface area contributed by atoms with Gasteiger partial charge in [-0.05, 0) is 68.5 Å². The molecular weight excluding hydrogens is 534 g/mol. The predicted molar refractivity (Wildman–Crippen MR) is 128 cm³/mol. The molecule has 0 bridgehead atoms. The summed E-state index contributed by atoms with van der Waals surface area (Å²) in [5.74, 6) is 0.530. The van der Waals surface area contributed by atoms with Crippen LogP contribution in [0.2, 0.25) is 5.02 Å². The first-order chi connectivity index (χ1) is 14.5. The Morgan fingerprint density at radius 2 is 1.87 bits per heavy atom. The third kappa shape index (κ3) is 7.08. The van der Waals surface area contributed by atoms with Crippen molar-refractivity contribution in [3.63, 3.8) is 0 Å². The molecule has 1 saturated carbocycles. The zero-order chi connectivity index (χ0) is 21.3. The molecule has 0 aromatic heterocycles. The van der Waals surface area contributed by atoms with E-state index in [1.165, 1.54) is 19.3 Å². The van der Waals surface area contributed by atoms with Crippen molar-refractivity contribution < 1.29 is 9.53 Å². The molecule has 0 heterocycles. The number of ether oxygens (including phenoxy) is 1. The lowest BCUT2D eigenvalue weighted by Crippen LogP contribution is -2.38. The molecule has 30 heavy (non-hydrogen) atoms. The number of nitrogens with one attached hydrogen (secondary N) is 2. The van der Waals surface area contributed by atoms with Gasteiger partial charge in [-0.15, -0.1) is 0 Å². The van der Waals surface area contributed by atoms with Crippen LogP contribution in [0.15, 0.2) is 50.4 Å². The summed E-state index contributed by atoms with van der Waals surface area (Å²) in [4.78, 5) is 12.0. The van der Waals surface area contributed by atoms with E-state index >= 15 is 0 Å². The fraction of sp³-hybridized carbons (Fsp3) is 0.364. The van der Waals surface area contributed by atoms with Gasteiger partial charge in [0, 0.05) is 16.6 Å². The third-order valence-electron chi connectivity index (χ3n) is 4.91. The quantitative estimate of drug-likeness (QED) is 0.318. The van der Waals surface area contributed by atoms with E-state index in [0.29, 0.717) is 23.4 Å². The second kappa shape index (κ2) is 11.8. The molecule has 0 unspecified atom stereocenters. The summed E-state index contributed by atoms with van der Waals surface area (Å²) < 4.78 is 7.47. The smallest absolute Gasteiger partial charge is 0.254 e. The normalized spacial score (nSPS) is 14.8. The lowest BCUT2D eigenvalue weighted by molar-refractivity contribution is -0.120. The number of halogens is 3. The highest BCUT2D eigenvalue weighted by molar-refractivity contribution is 9.11. The van der Waals surface area contributed by atoms with E-state index < -0.39 is 0 Å². The number of nitrogens with zero attached hydrogens (tertiary/aromatic N) is 1. The minimum absolute atomic E-state index is 0.144. The molecule has 2 aromatic carbocycles. The highest BCUT2D eigenvalue weighted by Crippen LogP contribution is 2.35. The van der Waals surface area contributed by atoms with Crippen LogP contribution in [-0.4, -0.2) is 24.7 Å². The van der Waals surface area contributed by atoms with Crippen molar-refractivity contribution in [1.29, 1.82) is 0 Å². The highest BCUT2D eigenvalue weighted by atomic mass is 79.9. The van der Waals surface area contributed by atoms with Gasteiger partial charge in [0.1, 0.15) is 12.4 Å². The zero-order valence-corrected chi connectivity index (χ0v) is 20.4. The first kappa shape index (κ1) is 23.3. The summed E-state index contributed by atoms with van der Waals surface area (Å²) in [5.41, 5.74) is 4.30. The number of amides is 1. The van der Waals surface area contributed by atoms with E-state index in [2.05, 4.69) is 47.7 Å². The van der Waals surface area contributed by atoms with Gasteiger partial charge in [-0.25, -0.2) is 5.43 Å². The summed E-state index contributed by atoms with van der Waals surface area (Å²) in [7, 11) is 0. The van der Waals surface area contributed by atoms with Crippen LogP contribution in [0.1, 0.15) is 43.2 Å². The van der Waals surface area contributed by atoms with Crippen LogP contribution in [0.3, 0.4) is 0 Å². The van der Waals surface area contributed by atoms with Crippen LogP contribution < -0.4 is 15.5 Å². The zero-order valence-electron chi connectivity index (χ0n) is 16.5. The molecule has 0 saturated heterocycles. The number of hydrogen-bond donors (Lipinski definition) is 2. The SMILES string of the molecule is O=C(CNC1CCCCC1)N/N=C\c1cc(Br)c(OCc2ccccc2Cl)c(Br)c1. The van der Waals surface area contributed by atoms with Gasteiger partial charge in [0.2, 0.25) is 0 Å². The molecule has 0 atom stereocenters. The molecule has 2 N–H and O–H groups in total. The number of carbonyl (C=O) groups is 1. The molecule has 2 aromatic rings. The van der Waals surface area contributed by atoms with Crippen molar-refractivity contribution >= 4 is 55.6 Å². The van der Waals surface area contributed by atoms with Crippen LogP contribution in [0.5, 0.6) is 5.75 Å². The van der Waals surface area contributed by atoms with E-state index in [1.54, 1.807) is 6.21 Å². The van der Waals surface area contributed by atoms with Gasteiger partial charge in [-0.2, -0.15) is 5.10 Å². The molecule has 1 fully saturated rings. The van der Waals surface area contributed by atoms with Gasteiger partial charge in [0.05, 0.1) is 21.7 Å². The molecule has 8 heteroatoms. The van der Waals surface area contributed by atoms with E-state index in [9.17, 15) is 4.79 Å². The molecule has 0 aliphatic heterocycles. The Morgan fingerprint density at radius 1 is 1.17 bits per heavy atom. The maximum Gasteiger partial charge on any atom is 0.254 e. The minimum Gasteiger partial charge on any atom is -0.486 e. The fourth-order valence-electron chi connectivity index (χ4n) is 3.32. The van der Waals surface area contributed by atoms with Crippen molar-refractivity contribution in [2.75, 3.05) is 6.54 Å². The van der Waals surface area contributed by atoms with Crippen molar-refractivity contribution in [2.45, 2.75) is 44.8 Å². The Labute approximate surface area is 198 Å². The number of hydrogen-bond acceptors (Lipinski definition) is 4. The van der Waals surface area contributed by atoms with E-state index in [1.807, 2.05) is 36.4 Å². The Balaban J connectivity index is 1.51. The Hall–Kier alpha value is -1.41. The van der Waals surface area contributed by atoms with E-state index in [4.69, 9.17) is 16.3 Å². The van der Waals surface area contributed by atoms with Gasteiger partial charge >= 0.3 is 0 Å². The van der Waals surface area contributed by atoms with Gasteiger partial charge in [0.25, 0.3) is 5.91 Å². The van der Waals surface area contributed by atoms with Gasteiger partial charge in [0.15, 0.2) is 0 Å². The highest BCUT2D eigenvalue weighted by Gasteiger charge is 2.14. The lowest BCUT2D eigenvalue weighted by Gasteiger charge is -2.22. The number of hydrazone groups is 1. The monoisotopic (exact) mass is 555 g/mol. The second-order valence-corrected chi connectivity index (χ2v) is 9.32. The van der Waals surface area contributed by atoms with E-state index in [0.717, 1.165) is 32.9 Å². The topological polar surface area (TPSA) is 62.7 Å². The molecule has 0 spiro atoms. The van der Waals surface area contributed by atoms with Crippen LogP contribution in [0.25, 0.3) is 0 Å². The van der Waals surface area contributed by atoms with Crippen LogP contribution >= 0.6 is 43.5 Å². The number of benzene rings is 2. The number of carbonyl (C=O) groups excluding carboxylic acids is 1. The summed E-state index contributed by atoms with van der Waals surface area (Å²) >= 11 is 13.3. The van der Waals surface area contributed by atoms with Gasteiger partial charge in [-0.1, -0.05) is 49.1 Å². The Kier molecular flexibility index (Phi) is 9.18. The molecule has 1 aliphatic carbocycles.